The number of aliphatic hydroxyl groups is 1. The highest BCUT2D eigenvalue weighted by Gasteiger charge is 2.32. The number of nitrogens with zero attached hydrogens (tertiary/aromatic N) is 2. The summed E-state index contributed by atoms with van der Waals surface area (Å²) in [5, 5.41) is 14.5. The van der Waals surface area contributed by atoms with Crippen molar-refractivity contribution >= 4 is 21.7 Å². The largest absolute Gasteiger partial charge is 0.391 e. The Labute approximate surface area is 110 Å². The highest BCUT2D eigenvalue weighted by atomic mass is 79.9. The van der Waals surface area contributed by atoms with Gasteiger partial charge in [-0.05, 0) is 35.2 Å². The average Bonchev–Trinajstić information content (AvgIpc) is 2.73. The Morgan fingerprint density at radius 2 is 2.06 bits per heavy atom. The molecule has 1 aliphatic carbocycles. The first kappa shape index (κ1) is 12.9. The van der Waals surface area contributed by atoms with Crippen molar-refractivity contribution in [1.29, 1.82) is 0 Å². The Hall–Kier alpha value is -0.550. The van der Waals surface area contributed by atoms with Gasteiger partial charge in [-0.1, -0.05) is 20.8 Å². The fraction of sp³-hybridized carbons (Fsp3) is 0.750. The first-order valence-electron chi connectivity index (χ1n) is 6.04. The van der Waals surface area contributed by atoms with Crippen LogP contribution in [-0.4, -0.2) is 21.0 Å². The van der Waals surface area contributed by atoms with Crippen LogP contribution in [0.1, 0.15) is 51.8 Å². The minimum atomic E-state index is -0.322. The van der Waals surface area contributed by atoms with E-state index in [4.69, 9.17) is 5.73 Å². The van der Waals surface area contributed by atoms with E-state index in [-0.39, 0.29) is 17.6 Å². The quantitative estimate of drug-likeness (QED) is 0.838. The van der Waals surface area contributed by atoms with Crippen molar-refractivity contribution in [3.63, 3.8) is 0 Å². The van der Waals surface area contributed by atoms with Gasteiger partial charge in [-0.25, -0.2) is 4.68 Å². The lowest BCUT2D eigenvalue weighted by atomic mass is 9.92. The molecule has 17 heavy (non-hydrogen) atoms. The molecule has 1 aliphatic rings. The zero-order chi connectivity index (χ0) is 12.8. The number of hydrogen-bond acceptors (Lipinski definition) is 3. The maximum absolute atomic E-state index is 9.94. The molecule has 5 heteroatoms. The smallest absolute Gasteiger partial charge is 0.136 e. The predicted molar refractivity (Wildman–Crippen MR) is 71.9 cm³/mol. The Morgan fingerprint density at radius 1 is 1.41 bits per heavy atom. The van der Waals surface area contributed by atoms with Crippen molar-refractivity contribution in [1.82, 2.24) is 9.78 Å². The Bertz CT molecular complexity index is 422. The molecular weight excluding hydrogens is 282 g/mol. The van der Waals surface area contributed by atoms with Crippen LogP contribution >= 0.6 is 15.9 Å². The van der Waals surface area contributed by atoms with Crippen LogP contribution in [0.3, 0.4) is 0 Å². The summed E-state index contributed by atoms with van der Waals surface area (Å²) in [5.41, 5.74) is 6.98. The maximum Gasteiger partial charge on any atom is 0.136 e. The molecule has 1 saturated carbocycles. The molecule has 1 fully saturated rings. The molecule has 2 atom stereocenters. The minimum absolute atomic E-state index is 0.0300. The van der Waals surface area contributed by atoms with Crippen molar-refractivity contribution in [2.24, 2.45) is 0 Å². The van der Waals surface area contributed by atoms with Gasteiger partial charge in [0.2, 0.25) is 0 Å². The Balaban J connectivity index is 2.43. The SMILES string of the molecule is CC(C)(C)c1nn(C2CCCC2O)c(N)c1Br. The number of nitrogens with two attached hydrogens (primary N) is 1. The Morgan fingerprint density at radius 3 is 2.47 bits per heavy atom. The van der Waals surface area contributed by atoms with E-state index in [2.05, 4.69) is 41.8 Å². The van der Waals surface area contributed by atoms with Crippen molar-refractivity contribution in [3.05, 3.63) is 10.2 Å². The number of anilines is 1. The molecule has 0 bridgehead atoms. The number of aliphatic hydroxyl groups excluding tert-OH is 1. The molecule has 2 unspecified atom stereocenters. The number of halogens is 1. The van der Waals surface area contributed by atoms with Crippen LogP contribution in [0.4, 0.5) is 5.82 Å². The third kappa shape index (κ3) is 2.22. The number of hydrogen-bond donors (Lipinski definition) is 2. The van der Waals surface area contributed by atoms with Crippen molar-refractivity contribution < 1.29 is 5.11 Å². The van der Waals surface area contributed by atoms with Gasteiger partial charge in [0.15, 0.2) is 0 Å². The van der Waals surface area contributed by atoms with Gasteiger partial charge in [0.25, 0.3) is 0 Å². The zero-order valence-corrected chi connectivity index (χ0v) is 12.2. The number of nitrogen functional groups attached to an aromatic ring is 1. The maximum atomic E-state index is 9.94. The minimum Gasteiger partial charge on any atom is -0.391 e. The molecule has 1 aromatic heterocycles. The lowest BCUT2D eigenvalue weighted by Gasteiger charge is -2.17. The second-order valence-electron chi connectivity index (χ2n) is 5.81. The van der Waals surface area contributed by atoms with E-state index in [1.54, 1.807) is 4.68 Å². The molecule has 96 valence electrons. The monoisotopic (exact) mass is 301 g/mol. The van der Waals surface area contributed by atoms with E-state index >= 15 is 0 Å². The van der Waals surface area contributed by atoms with Crippen molar-refractivity contribution in [2.75, 3.05) is 5.73 Å². The lowest BCUT2D eigenvalue weighted by molar-refractivity contribution is 0.131. The zero-order valence-electron chi connectivity index (χ0n) is 10.6. The standard InChI is InChI=1S/C12H20BrN3O/c1-12(2,3)10-9(13)11(14)16(15-10)7-5-4-6-8(7)17/h7-8,17H,4-6,14H2,1-3H3. The van der Waals surface area contributed by atoms with E-state index < -0.39 is 0 Å². The third-order valence-electron chi connectivity index (χ3n) is 3.36. The van der Waals surface area contributed by atoms with Crippen molar-refractivity contribution in [3.8, 4) is 0 Å². The summed E-state index contributed by atoms with van der Waals surface area (Å²) in [6, 6.07) is 0.0300. The molecule has 0 spiro atoms. The average molecular weight is 302 g/mol. The first-order valence-corrected chi connectivity index (χ1v) is 6.83. The summed E-state index contributed by atoms with van der Waals surface area (Å²) in [4.78, 5) is 0. The van der Waals surface area contributed by atoms with Gasteiger partial charge in [-0.3, -0.25) is 0 Å². The van der Waals surface area contributed by atoms with Gasteiger partial charge in [-0.15, -0.1) is 0 Å². The second-order valence-corrected chi connectivity index (χ2v) is 6.60. The van der Waals surface area contributed by atoms with Gasteiger partial charge in [0.05, 0.1) is 22.3 Å². The Kier molecular flexibility index (Phi) is 3.25. The molecule has 0 saturated heterocycles. The highest BCUT2D eigenvalue weighted by molar-refractivity contribution is 9.10. The topological polar surface area (TPSA) is 64.1 Å². The van der Waals surface area contributed by atoms with Gasteiger partial charge < -0.3 is 10.8 Å². The highest BCUT2D eigenvalue weighted by Crippen LogP contribution is 2.38. The molecule has 3 N–H and O–H groups in total. The van der Waals surface area contributed by atoms with Crippen LogP contribution in [0.5, 0.6) is 0 Å². The van der Waals surface area contributed by atoms with Gasteiger partial charge in [0.1, 0.15) is 5.82 Å². The van der Waals surface area contributed by atoms with Crippen LogP contribution in [0, 0.1) is 0 Å². The first-order chi connectivity index (χ1) is 7.82. The molecule has 1 heterocycles. The summed E-state index contributed by atoms with van der Waals surface area (Å²) >= 11 is 3.51. The summed E-state index contributed by atoms with van der Waals surface area (Å²) < 4.78 is 2.66. The fourth-order valence-corrected chi connectivity index (χ4v) is 3.22. The van der Waals surface area contributed by atoms with E-state index in [1.165, 1.54) is 0 Å². The summed E-state index contributed by atoms with van der Waals surface area (Å²) in [7, 11) is 0. The molecule has 0 aliphatic heterocycles. The van der Waals surface area contributed by atoms with Crippen LogP contribution in [0.25, 0.3) is 0 Å². The van der Waals surface area contributed by atoms with E-state index in [0.717, 1.165) is 29.4 Å². The molecular formula is C12H20BrN3O. The summed E-state index contributed by atoms with van der Waals surface area (Å²) in [5.74, 6) is 0.626. The van der Waals surface area contributed by atoms with Gasteiger partial charge in [-0.2, -0.15) is 5.10 Å². The number of aromatic nitrogens is 2. The fourth-order valence-electron chi connectivity index (χ4n) is 2.37. The molecule has 1 aromatic rings. The lowest BCUT2D eigenvalue weighted by Crippen LogP contribution is -2.21. The number of rotatable bonds is 1. The predicted octanol–water partition coefficient (Wildman–Crippen LogP) is 2.61. The molecule has 0 amide bonds. The van der Waals surface area contributed by atoms with Crippen LogP contribution in [-0.2, 0) is 5.41 Å². The van der Waals surface area contributed by atoms with E-state index in [0.29, 0.717) is 5.82 Å². The van der Waals surface area contributed by atoms with Gasteiger partial charge in [0, 0.05) is 5.41 Å². The molecule has 0 aromatic carbocycles. The third-order valence-corrected chi connectivity index (χ3v) is 4.14. The van der Waals surface area contributed by atoms with E-state index in [1.807, 2.05) is 0 Å². The van der Waals surface area contributed by atoms with Crippen LogP contribution in [0.15, 0.2) is 4.47 Å². The molecule has 0 radical (unpaired) electrons. The van der Waals surface area contributed by atoms with Crippen LogP contribution in [0.2, 0.25) is 0 Å². The molecule has 2 rings (SSSR count). The molecule has 4 nitrogen and oxygen atoms in total. The second kappa shape index (κ2) is 4.28. The van der Waals surface area contributed by atoms with Crippen molar-refractivity contribution in [2.45, 2.75) is 57.6 Å². The summed E-state index contributed by atoms with van der Waals surface area (Å²) in [6.07, 6.45) is 2.50. The summed E-state index contributed by atoms with van der Waals surface area (Å²) in [6.45, 7) is 6.32. The van der Waals surface area contributed by atoms with Gasteiger partial charge >= 0.3 is 0 Å². The van der Waals surface area contributed by atoms with Crippen LogP contribution < -0.4 is 5.73 Å². The van der Waals surface area contributed by atoms with E-state index in [9.17, 15) is 5.11 Å². The normalized spacial score (nSPS) is 25.5.